The molecule has 3 nitrogen and oxygen atoms in total. The summed E-state index contributed by atoms with van der Waals surface area (Å²) >= 11 is 9.44. The van der Waals surface area contributed by atoms with Crippen molar-refractivity contribution in [3.63, 3.8) is 0 Å². The number of likely N-dealkylation sites (tertiary alicyclic amines) is 1. The monoisotopic (exact) mass is 529 g/mol. The molecule has 3 heterocycles. The number of hydrogen-bond donors (Lipinski definition) is 0. The number of aromatic nitrogens is 1. The lowest BCUT2D eigenvalue weighted by molar-refractivity contribution is -0.138. The normalized spacial score (nSPS) is 20.5. The predicted octanol–water partition coefficient (Wildman–Crippen LogP) is 6.59. The molecular formula is C23H21BrClF4N3. The third-order valence-corrected chi connectivity index (χ3v) is 7.40. The third-order valence-electron chi connectivity index (χ3n) is 5.94. The largest absolute Gasteiger partial charge is 0.417 e. The zero-order valence-electron chi connectivity index (χ0n) is 17.2. The first-order chi connectivity index (χ1) is 15.2. The summed E-state index contributed by atoms with van der Waals surface area (Å²) in [4.78, 5) is 8.38. The maximum Gasteiger partial charge on any atom is 0.417 e. The van der Waals surface area contributed by atoms with Gasteiger partial charge in [-0.25, -0.2) is 4.39 Å². The van der Waals surface area contributed by atoms with E-state index in [-0.39, 0.29) is 21.2 Å². The van der Waals surface area contributed by atoms with Crippen LogP contribution < -0.4 is 0 Å². The lowest BCUT2D eigenvalue weighted by Gasteiger charge is -2.35. The first kappa shape index (κ1) is 23.3. The van der Waals surface area contributed by atoms with Crippen molar-refractivity contribution in [1.29, 1.82) is 0 Å². The molecule has 0 spiro atoms. The van der Waals surface area contributed by atoms with Crippen LogP contribution in [0.2, 0.25) is 5.02 Å². The molecule has 1 aromatic carbocycles. The van der Waals surface area contributed by atoms with E-state index in [1.165, 1.54) is 24.4 Å². The topological polar surface area (TPSA) is 19.4 Å². The van der Waals surface area contributed by atoms with Crippen LogP contribution in [0.25, 0.3) is 0 Å². The average Bonchev–Trinajstić information content (AvgIpc) is 3.18. The lowest BCUT2D eigenvalue weighted by Crippen LogP contribution is -2.33. The molecule has 32 heavy (non-hydrogen) atoms. The first-order valence-corrected chi connectivity index (χ1v) is 11.4. The van der Waals surface area contributed by atoms with Gasteiger partial charge in [-0.2, -0.15) is 13.2 Å². The zero-order valence-corrected chi connectivity index (χ0v) is 19.6. The fraction of sp³-hybridized carbons (Fsp3) is 0.348. The van der Waals surface area contributed by atoms with Crippen LogP contribution >= 0.6 is 27.5 Å². The van der Waals surface area contributed by atoms with E-state index in [1.54, 1.807) is 0 Å². The number of pyridine rings is 1. The highest BCUT2D eigenvalue weighted by molar-refractivity contribution is 9.10. The Balaban J connectivity index is 1.83. The Morgan fingerprint density at radius 1 is 1.25 bits per heavy atom. The van der Waals surface area contributed by atoms with E-state index < -0.39 is 23.6 Å². The average molecular weight is 531 g/mol. The van der Waals surface area contributed by atoms with Crippen LogP contribution in [0.3, 0.4) is 0 Å². The standard InChI is InChI=1S/C23H21BrClF4N3/c1-31-11-4-7-18(31)14-5-3-12-32(13-14)22(21-17(26)6-2-10-30-21)15-8-9-16(23(27,28)29)19(24)20(15)25/h2-3,5-6,8-10,13,18,22H,4,7,11-12H2,1H3/t18-,22?/m0/s1. The number of benzene rings is 1. The molecule has 2 aliphatic rings. The van der Waals surface area contributed by atoms with Crippen molar-refractivity contribution >= 4 is 27.5 Å². The Labute approximate surface area is 197 Å². The van der Waals surface area contributed by atoms with Gasteiger partial charge < -0.3 is 4.90 Å². The highest BCUT2D eigenvalue weighted by atomic mass is 79.9. The van der Waals surface area contributed by atoms with E-state index in [9.17, 15) is 17.6 Å². The number of alkyl halides is 3. The van der Waals surface area contributed by atoms with E-state index >= 15 is 0 Å². The van der Waals surface area contributed by atoms with Crippen molar-refractivity contribution in [2.45, 2.75) is 31.1 Å². The lowest BCUT2D eigenvalue weighted by atomic mass is 9.96. The molecule has 0 bridgehead atoms. The maximum atomic E-state index is 14.9. The van der Waals surface area contributed by atoms with Gasteiger partial charge in [-0.3, -0.25) is 9.88 Å². The van der Waals surface area contributed by atoms with Crippen molar-refractivity contribution < 1.29 is 17.6 Å². The Morgan fingerprint density at radius 2 is 2.03 bits per heavy atom. The summed E-state index contributed by atoms with van der Waals surface area (Å²) in [6.07, 6.45) is 4.97. The third kappa shape index (κ3) is 4.45. The summed E-state index contributed by atoms with van der Waals surface area (Å²) in [7, 11) is 2.06. The zero-order chi connectivity index (χ0) is 23.0. The Morgan fingerprint density at radius 3 is 2.69 bits per heavy atom. The summed E-state index contributed by atoms with van der Waals surface area (Å²) in [5, 5.41) is -0.114. The van der Waals surface area contributed by atoms with Crippen LogP contribution in [-0.4, -0.2) is 41.0 Å². The number of halogens is 6. The summed E-state index contributed by atoms with van der Waals surface area (Å²) in [6, 6.07) is 4.48. The molecule has 0 saturated carbocycles. The van der Waals surface area contributed by atoms with E-state index in [0.717, 1.165) is 31.0 Å². The first-order valence-electron chi connectivity index (χ1n) is 10.2. The summed E-state index contributed by atoms with van der Waals surface area (Å²) in [6.45, 7) is 1.43. The molecule has 2 aliphatic heterocycles. The Hall–Kier alpha value is -1.90. The predicted molar refractivity (Wildman–Crippen MR) is 120 cm³/mol. The molecule has 1 fully saturated rings. The van der Waals surface area contributed by atoms with Crippen molar-refractivity contribution in [3.05, 3.63) is 86.5 Å². The van der Waals surface area contributed by atoms with Crippen molar-refractivity contribution in [3.8, 4) is 0 Å². The molecule has 0 N–H and O–H groups in total. The molecule has 2 aromatic rings. The van der Waals surface area contributed by atoms with Crippen LogP contribution in [0.5, 0.6) is 0 Å². The summed E-state index contributed by atoms with van der Waals surface area (Å²) < 4.78 is 54.7. The number of likely N-dealkylation sites (N-methyl/N-ethyl adjacent to an activating group) is 1. The highest BCUT2D eigenvalue weighted by Gasteiger charge is 2.36. The van der Waals surface area contributed by atoms with Gasteiger partial charge in [0.05, 0.1) is 10.6 Å². The van der Waals surface area contributed by atoms with Gasteiger partial charge in [0.1, 0.15) is 17.6 Å². The van der Waals surface area contributed by atoms with Gasteiger partial charge in [0, 0.05) is 35.0 Å². The second-order valence-electron chi connectivity index (χ2n) is 7.97. The highest BCUT2D eigenvalue weighted by Crippen LogP contribution is 2.44. The van der Waals surface area contributed by atoms with E-state index in [1.807, 2.05) is 17.2 Å². The Kier molecular flexibility index (Phi) is 6.66. The van der Waals surface area contributed by atoms with Crippen LogP contribution in [0, 0.1) is 5.82 Å². The maximum absolute atomic E-state index is 14.9. The SMILES string of the molecule is CN1CCC[C@H]1C1=CN(C(c2ccc(C(F)(F)F)c(Br)c2Cl)c2ncccc2F)CC=C1. The number of hydrogen-bond acceptors (Lipinski definition) is 3. The fourth-order valence-electron chi connectivity index (χ4n) is 4.38. The second kappa shape index (κ2) is 9.15. The van der Waals surface area contributed by atoms with E-state index in [0.29, 0.717) is 12.1 Å². The second-order valence-corrected chi connectivity index (χ2v) is 9.14. The van der Waals surface area contributed by atoms with Crippen molar-refractivity contribution in [2.24, 2.45) is 0 Å². The van der Waals surface area contributed by atoms with Gasteiger partial charge in [0.25, 0.3) is 0 Å². The van der Waals surface area contributed by atoms with Gasteiger partial charge in [-0.05, 0) is 66.1 Å². The molecule has 0 aliphatic carbocycles. The van der Waals surface area contributed by atoms with Gasteiger partial charge in [0.15, 0.2) is 0 Å². The molecule has 1 saturated heterocycles. The quantitative estimate of drug-likeness (QED) is 0.416. The Bertz CT molecular complexity index is 1070. The van der Waals surface area contributed by atoms with Gasteiger partial charge in [-0.1, -0.05) is 29.8 Å². The molecule has 170 valence electrons. The minimum Gasteiger partial charge on any atom is -0.361 e. The fourth-order valence-corrected chi connectivity index (χ4v) is 5.24. The molecular weight excluding hydrogens is 510 g/mol. The molecule has 0 amide bonds. The van der Waals surface area contributed by atoms with Gasteiger partial charge in [0.2, 0.25) is 0 Å². The molecule has 9 heteroatoms. The minimum absolute atomic E-state index is 0.103. The number of rotatable bonds is 4. The molecule has 0 radical (unpaired) electrons. The van der Waals surface area contributed by atoms with Crippen molar-refractivity contribution in [1.82, 2.24) is 14.8 Å². The molecule has 2 atom stereocenters. The van der Waals surface area contributed by atoms with E-state index in [4.69, 9.17) is 11.6 Å². The van der Waals surface area contributed by atoms with Crippen LogP contribution in [-0.2, 0) is 6.18 Å². The number of nitrogens with zero attached hydrogens (tertiary/aromatic N) is 3. The van der Waals surface area contributed by atoms with Crippen LogP contribution in [0.1, 0.15) is 35.7 Å². The van der Waals surface area contributed by atoms with Crippen LogP contribution in [0.15, 0.2) is 58.9 Å². The van der Waals surface area contributed by atoms with Crippen LogP contribution in [0.4, 0.5) is 17.6 Å². The van der Waals surface area contributed by atoms with E-state index in [2.05, 4.69) is 38.9 Å². The summed E-state index contributed by atoms with van der Waals surface area (Å²) in [5.41, 5.74) is 0.634. The summed E-state index contributed by atoms with van der Waals surface area (Å²) in [5.74, 6) is -0.549. The molecule has 1 unspecified atom stereocenters. The minimum atomic E-state index is -4.57. The van der Waals surface area contributed by atoms with Crippen molar-refractivity contribution in [2.75, 3.05) is 20.1 Å². The molecule has 1 aromatic heterocycles. The van der Waals surface area contributed by atoms with Gasteiger partial charge in [-0.15, -0.1) is 0 Å². The van der Waals surface area contributed by atoms with Gasteiger partial charge >= 0.3 is 6.18 Å². The molecule has 4 rings (SSSR count). The smallest absolute Gasteiger partial charge is 0.361 e.